The number of fused-ring (bicyclic) bond motifs is 1. The Kier molecular flexibility index (Phi) is 6.97. The smallest absolute Gasteiger partial charge is 0.344 e. The lowest BCUT2D eigenvalue weighted by atomic mass is 10.0. The van der Waals surface area contributed by atoms with E-state index in [1.807, 2.05) is 56.3 Å². The van der Waals surface area contributed by atoms with Crippen molar-refractivity contribution < 1.29 is 23.4 Å². The highest BCUT2D eigenvalue weighted by atomic mass is 16.6. The van der Waals surface area contributed by atoms with Gasteiger partial charge in [-0.25, -0.2) is 4.79 Å². The van der Waals surface area contributed by atoms with Crippen LogP contribution in [0, 0.1) is 13.8 Å². The highest BCUT2D eigenvalue weighted by molar-refractivity contribution is 5.85. The Labute approximate surface area is 197 Å². The summed E-state index contributed by atoms with van der Waals surface area (Å²) in [5.41, 5.74) is 3.59. The quantitative estimate of drug-likeness (QED) is 0.336. The molecule has 0 spiro atoms. The van der Waals surface area contributed by atoms with Gasteiger partial charge in [-0.15, -0.1) is 0 Å². The third-order valence-electron chi connectivity index (χ3n) is 5.48. The van der Waals surface area contributed by atoms with E-state index in [4.69, 9.17) is 18.6 Å². The molecule has 1 heterocycles. The van der Waals surface area contributed by atoms with Crippen molar-refractivity contribution >= 4 is 16.9 Å². The molecule has 0 saturated heterocycles. The summed E-state index contributed by atoms with van der Waals surface area (Å²) in [6, 6.07) is 20.5. The highest BCUT2D eigenvalue weighted by Gasteiger charge is 2.20. The predicted octanol–water partition coefficient (Wildman–Crippen LogP) is 5.25. The minimum absolute atomic E-state index is 0.0235. The van der Waals surface area contributed by atoms with Crippen molar-refractivity contribution in [1.82, 2.24) is 0 Å². The van der Waals surface area contributed by atoms with Crippen LogP contribution in [0.1, 0.15) is 16.7 Å². The molecule has 0 N–H and O–H groups in total. The van der Waals surface area contributed by atoms with E-state index in [2.05, 4.69) is 0 Å². The lowest BCUT2D eigenvalue weighted by Gasteiger charge is -2.13. The SMILES string of the molecule is COc1ccc(-c2oc3cc(C)cc(C)c3c(=O)c2OCC(=O)OCCc2ccccc2)cc1. The summed E-state index contributed by atoms with van der Waals surface area (Å²) in [7, 11) is 1.58. The first-order valence-electron chi connectivity index (χ1n) is 11.0. The summed E-state index contributed by atoms with van der Waals surface area (Å²) in [6.45, 7) is 3.61. The summed E-state index contributed by atoms with van der Waals surface area (Å²) >= 11 is 0. The zero-order chi connectivity index (χ0) is 24.1. The molecule has 4 aromatic rings. The first-order chi connectivity index (χ1) is 16.5. The first kappa shape index (κ1) is 23.1. The molecule has 0 aliphatic rings. The van der Waals surface area contributed by atoms with E-state index in [9.17, 15) is 9.59 Å². The van der Waals surface area contributed by atoms with Gasteiger partial charge in [0.1, 0.15) is 11.3 Å². The molecule has 0 saturated carbocycles. The molecule has 1 aromatic heterocycles. The Morgan fingerprint density at radius 2 is 1.71 bits per heavy atom. The van der Waals surface area contributed by atoms with Crippen LogP contribution in [0.4, 0.5) is 0 Å². The van der Waals surface area contributed by atoms with Crippen molar-refractivity contribution in [2.45, 2.75) is 20.3 Å². The molecule has 0 aliphatic heterocycles. The summed E-state index contributed by atoms with van der Waals surface area (Å²) in [6.07, 6.45) is 0.598. The molecular formula is C28H26O6. The number of hydrogen-bond acceptors (Lipinski definition) is 6. The summed E-state index contributed by atoms with van der Waals surface area (Å²) in [4.78, 5) is 25.8. The Morgan fingerprint density at radius 1 is 0.971 bits per heavy atom. The van der Waals surface area contributed by atoms with Crippen LogP contribution in [-0.2, 0) is 16.0 Å². The lowest BCUT2D eigenvalue weighted by Crippen LogP contribution is -2.20. The fourth-order valence-electron chi connectivity index (χ4n) is 3.84. The fourth-order valence-corrected chi connectivity index (χ4v) is 3.84. The lowest BCUT2D eigenvalue weighted by molar-refractivity contribution is -0.145. The standard InChI is InChI=1S/C28H26O6/c1-18-15-19(2)25-23(16-18)34-27(21-9-11-22(31-3)12-10-21)28(26(25)30)33-17-24(29)32-14-13-20-7-5-4-6-8-20/h4-12,15-16H,13-14,17H2,1-3H3. The molecule has 0 atom stereocenters. The van der Waals surface area contributed by atoms with E-state index in [1.165, 1.54) is 0 Å². The number of aryl methyl sites for hydroxylation is 2. The third-order valence-corrected chi connectivity index (χ3v) is 5.48. The van der Waals surface area contributed by atoms with Crippen LogP contribution < -0.4 is 14.9 Å². The number of methoxy groups -OCH3 is 1. The van der Waals surface area contributed by atoms with Gasteiger partial charge in [-0.2, -0.15) is 0 Å². The Morgan fingerprint density at radius 3 is 2.41 bits per heavy atom. The molecule has 6 nitrogen and oxygen atoms in total. The molecule has 3 aromatic carbocycles. The third kappa shape index (κ3) is 5.12. The van der Waals surface area contributed by atoms with Gasteiger partial charge in [-0.1, -0.05) is 36.4 Å². The Balaban J connectivity index is 1.61. The second-order valence-electron chi connectivity index (χ2n) is 8.02. The second kappa shape index (κ2) is 10.3. The molecule has 0 fully saturated rings. The van der Waals surface area contributed by atoms with E-state index in [1.54, 1.807) is 31.4 Å². The number of rotatable bonds is 8. The monoisotopic (exact) mass is 458 g/mol. The van der Waals surface area contributed by atoms with E-state index < -0.39 is 12.6 Å². The normalized spacial score (nSPS) is 10.8. The molecule has 0 aliphatic carbocycles. The maximum absolute atomic E-state index is 13.4. The zero-order valence-electron chi connectivity index (χ0n) is 19.4. The molecule has 0 bridgehead atoms. The second-order valence-corrected chi connectivity index (χ2v) is 8.02. The van der Waals surface area contributed by atoms with Crippen LogP contribution in [0.2, 0.25) is 0 Å². The molecular weight excluding hydrogens is 432 g/mol. The van der Waals surface area contributed by atoms with E-state index in [0.29, 0.717) is 28.7 Å². The molecule has 6 heteroatoms. The molecule has 0 unspecified atom stereocenters. The molecule has 0 amide bonds. The molecule has 34 heavy (non-hydrogen) atoms. The van der Waals surface area contributed by atoms with Gasteiger partial charge in [0.2, 0.25) is 11.2 Å². The van der Waals surface area contributed by atoms with Crippen LogP contribution in [-0.4, -0.2) is 26.3 Å². The number of benzene rings is 3. The van der Waals surface area contributed by atoms with Gasteiger partial charge >= 0.3 is 5.97 Å². The van der Waals surface area contributed by atoms with Crippen LogP contribution in [0.3, 0.4) is 0 Å². The average Bonchev–Trinajstić information content (AvgIpc) is 2.83. The molecule has 174 valence electrons. The van der Waals surface area contributed by atoms with Crippen molar-refractivity contribution in [3.63, 3.8) is 0 Å². The van der Waals surface area contributed by atoms with Gasteiger partial charge in [-0.05, 0) is 60.9 Å². The maximum Gasteiger partial charge on any atom is 0.344 e. The van der Waals surface area contributed by atoms with Crippen LogP contribution in [0.15, 0.2) is 75.9 Å². The van der Waals surface area contributed by atoms with E-state index >= 15 is 0 Å². The number of carbonyl (C=O) groups excluding carboxylic acids is 1. The van der Waals surface area contributed by atoms with E-state index in [-0.39, 0.29) is 23.5 Å². The van der Waals surface area contributed by atoms with Gasteiger partial charge in [0.05, 0.1) is 19.1 Å². The Hall–Kier alpha value is -4.06. The van der Waals surface area contributed by atoms with Gasteiger partial charge in [-0.3, -0.25) is 4.79 Å². The van der Waals surface area contributed by atoms with Crippen molar-refractivity contribution in [3.05, 3.63) is 93.6 Å². The van der Waals surface area contributed by atoms with Crippen LogP contribution >= 0.6 is 0 Å². The van der Waals surface area contributed by atoms with Gasteiger partial charge < -0.3 is 18.6 Å². The predicted molar refractivity (Wildman–Crippen MR) is 131 cm³/mol. The van der Waals surface area contributed by atoms with Crippen molar-refractivity contribution in [1.29, 1.82) is 0 Å². The topological polar surface area (TPSA) is 75.0 Å². The van der Waals surface area contributed by atoms with E-state index in [0.717, 1.165) is 16.7 Å². The largest absolute Gasteiger partial charge is 0.497 e. The van der Waals surface area contributed by atoms with Gasteiger partial charge in [0, 0.05) is 12.0 Å². The highest BCUT2D eigenvalue weighted by Crippen LogP contribution is 2.33. The number of esters is 1. The van der Waals surface area contributed by atoms with Crippen molar-refractivity contribution in [2.75, 3.05) is 20.3 Å². The zero-order valence-corrected chi connectivity index (χ0v) is 19.4. The minimum Gasteiger partial charge on any atom is -0.497 e. The number of hydrogen-bond donors (Lipinski definition) is 0. The number of ether oxygens (including phenoxy) is 3. The van der Waals surface area contributed by atoms with Crippen LogP contribution in [0.25, 0.3) is 22.3 Å². The minimum atomic E-state index is -0.559. The maximum atomic E-state index is 13.4. The summed E-state index contributed by atoms with van der Waals surface area (Å²) in [5.74, 6) is 0.339. The summed E-state index contributed by atoms with van der Waals surface area (Å²) < 4.78 is 22.4. The summed E-state index contributed by atoms with van der Waals surface area (Å²) in [5, 5.41) is 0.426. The number of carbonyl (C=O) groups is 1. The van der Waals surface area contributed by atoms with Gasteiger partial charge in [0.25, 0.3) is 0 Å². The Bertz CT molecular complexity index is 1350. The average molecular weight is 459 g/mol. The molecule has 0 radical (unpaired) electrons. The fraction of sp³-hybridized carbons (Fsp3) is 0.214. The van der Waals surface area contributed by atoms with Crippen molar-refractivity contribution in [2.24, 2.45) is 0 Å². The first-order valence-corrected chi connectivity index (χ1v) is 11.0. The molecule has 4 rings (SSSR count). The van der Waals surface area contributed by atoms with Crippen molar-refractivity contribution in [3.8, 4) is 22.8 Å². The van der Waals surface area contributed by atoms with Crippen LogP contribution in [0.5, 0.6) is 11.5 Å². The van der Waals surface area contributed by atoms with Gasteiger partial charge in [0.15, 0.2) is 12.4 Å².